The summed E-state index contributed by atoms with van der Waals surface area (Å²) in [7, 11) is 1.70. The molecule has 0 aromatic rings. The van der Waals surface area contributed by atoms with Gasteiger partial charge in [-0.15, -0.1) is 11.8 Å². The Morgan fingerprint density at radius 3 is 2.70 bits per heavy atom. The van der Waals surface area contributed by atoms with Crippen LogP contribution in [0.25, 0.3) is 0 Å². The Kier molecular flexibility index (Phi) is 2.63. The van der Waals surface area contributed by atoms with Gasteiger partial charge in [-0.1, -0.05) is 13.8 Å². The molecule has 1 heterocycles. The van der Waals surface area contributed by atoms with E-state index in [1.54, 1.807) is 18.9 Å². The first-order valence-corrected chi connectivity index (χ1v) is 4.34. The summed E-state index contributed by atoms with van der Waals surface area (Å²) in [6, 6.07) is 0. The third-order valence-electron chi connectivity index (χ3n) is 1.46. The topological polar surface area (TPSA) is 12.5 Å². The van der Waals surface area contributed by atoms with Gasteiger partial charge in [-0.25, -0.2) is 5.06 Å². The fourth-order valence-electron chi connectivity index (χ4n) is 0.936. The summed E-state index contributed by atoms with van der Waals surface area (Å²) in [5.41, 5.74) is 0. The van der Waals surface area contributed by atoms with Crippen molar-refractivity contribution in [1.29, 1.82) is 0 Å². The first kappa shape index (κ1) is 7.95. The fraction of sp³-hybridized carbons (Fsp3) is 0.714. The van der Waals surface area contributed by atoms with Crippen LogP contribution in [-0.4, -0.2) is 17.5 Å². The van der Waals surface area contributed by atoms with Crippen molar-refractivity contribution in [1.82, 2.24) is 5.06 Å². The van der Waals surface area contributed by atoms with Crippen molar-refractivity contribution in [3.8, 4) is 0 Å². The van der Waals surface area contributed by atoms with Crippen molar-refractivity contribution < 1.29 is 4.84 Å². The van der Waals surface area contributed by atoms with Crippen LogP contribution < -0.4 is 0 Å². The molecule has 0 N–H and O–H groups in total. The van der Waals surface area contributed by atoms with Crippen LogP contribution in [0.4, 0.5) is 0 Å². The van der Waals surface area contributed by atoms with Gasteiger partial charge >= 0.3 is 0 Å². The highest BCUT2D eigenvalue weighted by Crippen LogP contribution is 2.30. The van der Waals surface area contributed by atoms with Crippen molar-refractivity contribution in [2.75, 3.05) is 7.11 Å². The molecule has 0 aromatic carbocycles. The highest BCUT2D eigenvalue weighted by atomic mass is 32.2. The van der Waals surface area contributed by atoms with E-state index in [4.69, 9.17) is 4.84 Å². The SMILES string of the molecule is CON1C=CSC1C(C)C. The van der Waals surface area contributed by atoms with E-state index in [9.17, 15) is 0 Å². The predicted octanol–water partition coefficient (Wildman–Crippen LogP) is 2.05. The average Bonchev–Trinajstić information content (AvgIpc) is 2.33. The molecule has 10 heavy (non-hydrogen) atoms. The molecule has 58 valence electrons. The Labute approximate surface area is 66.2 Å². The van der Waals surface area contributed by atoms with Crippen LogP contribution in [0.15, 0.2) is 11.6 Å². The minimum atomic E-state index is 0.463. The molecule has 1 aliphatic heterocycles. The molecule has 0 saturated heterocycles. The molecule has 2 nitrogen and oxygen atoms in total. The van der Waals surface area contributed by atoms with E-state index in [1.165, 1.54) is 0 Å². The van der Waals surface area contributed by atoms with Crippen molar-refractivity contribution in [3.05, 3.63) is 11.6 Å². The lowest BCUT2D eigenvalue weighted by Gasteiger charge is -2.24. The zero-order valence-corrected chi connectivity index (χ0v) is 7.39. The van der Waals surface area contributed by atoms with Crippen LogP contribution >= 0.6 is 11.8 Å². The normalized spacial score (nSPS) is 24.8. The number of rotatable bonds is 2. The molecule has 1 aliphatic rings. The number of hydrogen-bond donors (Lipinski definition) is 0. The van der Waals surface area contributed by atoms with Gasteiger partial charge < -0.3 is 0 Å². The highest BCUT2D eigenvalue weighted by molar-refractivity contribution is 8.02. The Morgan fingerprint density at radius 1 is 1.60 bits per heavy atom. The lowest BCUT2D eigenvalue weighted by Crippen LogP contribution is -2.27. The van der Waals surface area contributed by atoms with Gasteiger partial charge in [-0.2, -0.15) is 0 Å². The predicted molar refractivity (Wildman–Crippen MR) is 44.2 cm³/mol. The maximum absolute atomic E-state index is 5.11. The van der Waals surface area contributed by atoms with Gasteiger partial charge in [-0.3, -0.25) is 4.84 Å². The summed E-state index contributed by atoms with van der Waals surface area (Å²) < 4.78 is 0. The molecule has 1 unspecified atom stereocenters. The van der Waals surface area contributed by atoms with Crippen LogP contribution in [0.3, 0.4) is 0 Å². The maximum Gasteiger partial charge on any atom is 0.107 e. The van der Waals surface area contributed by atoms with Gasteiger partial charge in [0.15, 0.2) is 0 Å². The second-order valence-corrected chi connectivity index (χ2v) is 3.63. The average molecular weight is 159 g/mol. The van der Waals surface area contributed by atoms with Crippen molar-refractivity contribution in [2.45, 2.75) is 19.2 Å². The van der Waals surface area contributed by atoms with Gasteiger partial charge in [0, 0.05) is 6.20 Å². The molecule has 0 saturated carbocycles. The molecule has 0 fully saturated rings. The van der Waals surface area contributed by atoms with E-state index in [1.807, 2.05) is 11.3 Å². The van der Waals surface area contributed by atoms with Crippen LogP contribution in [0.5, 0.6) is 0 Å². The van der Waals surface area contributed by atoms with Crippen molar-refractivity contribution in [3.63, 3.8) is 0 Å². The standard InChI is InChI=1S/C7H13NOS/c1-6(2)7-8(9-3)4-5-10-7/h4-7H,1-3H3. The van der Waals surface area contributed by atoms with Crippen LogP contribution in [0.2, 0.25) is 0 Å². The molecule has 0 aromatic heterocycles. The third kappa shape index (κ3) is 1.47. The smallest absolute Gasteiger partial charge is 0.107 e. The molecule has 0 bridgehead atoms. The molecule has 0 radical (unpaired) electrons. The molecule has 0 amide bonds. The Morgan fingerprint density at radius 2 is 2.30 bits per heavy atom. The van der Waals surface area contributed by atoms with Gasteiger partial charge in [0.25, 0.3) is 0 Å². The first-order chi connectivity index (χ1) is 4.75. The summed E-state index contributed by atoms with van der Waals surface area (Å²) in [6.07, 6.45) is 1.97. The quantitative estimate of drug-likeness (QED) is 0.612. The summed E-state index contributed by atoms with van der Waals surface area (Å²) >= 11 is 1.80. The van der Waals surface area contributed by atoms with Crippen LogP contribution in [0, 0.1) is 5.92 Å². The monoisotopic (exact) mass is 159 g/mol. The zero-order valence-electron chi connectivity index (χ0n) is 6.57. The molecular formula is C7H13NOS. The molecule has 0 spiro atoms. The molecule has 1 rings (SSSR count). The van der Waals surface area contributed by atoms with Gasteiger partial charge in [0.05, 0.1) is 7.11 Å². The summed E-state index contributed by atoms with van der Waals surface area (Å²) in [4.78, 5) is 5.11. The lowest BCUT2D eigenvalue weighted by atomic mass is 10.2. The number of hydroxylamine groups is 2. The second kappa shape index (κ2) is 3.30. The first-order valence-electron chi connectivity index (χ1n) is 3.40. The Balaban J connectivity index is 2.47. The van der Waals surface area contributed by atoms with Crippen LogP contribution in [0.1, 0.15) is 13.8 Å². The van der Waals surface area contributed by atoms with E-state index < -0.39 is 0 Å². The Hall–Kier alpha value is -0.150. The van der Waals surface area contributed by atoms with E-state index in [2.05, 4.69) is 19.3 Å². The molecule has 1 atom stereocenters. The number of thioether (sulfide) groups is 1. The minimum absolute atomic E-state index is 0.463. The van der Waals surface area contributed by atoms with Gasteiger partial charge in [-0.05, 0) is 11.3 Å². The lowest BCUT2D eigenvalue weighted by molar-refractivity contribution is -0.103. The van der Waals surface area contributed by atoms with Crippen LogP contribution in [-0.2, 0) is 4.84 Å². The minimum Gasteiger partial charge on any atom is -0.276 e. The molecule has 3 heteroatoms. The van der Waals surface area contributed by atoms with Gasteiger partial charge in [0.2, 0.25) is 0 Å². The van der Waals surface area contributed by atoms with Crippen molar-refractivity contribution >= 4 is 11.8 Å². The zero-order chi connectivity index (χ0) is 7.56. The third-order valence-corrected chi connectivity index (χ3v) is 2.77. The van der Waals surface area contributed by atoms with Crippen molar-refractivity contribution in [2.24, 2.45) is 5.92 Å². The van der Waals surface area contributed by atoms with E-state index in [-0.39, 0.29) is 0 Å². The largest absolute Gasteiger partial charge is 0.276 e. The number of hydrogen-bond acceptors (Lipinski definition) is 3. The summed E-state index contributed by atoms with van der Waals surface area (Å²) in [5, 5.41) is 4.41. The van der Waals surface area contributed by atoms with E-state index >= 15 is 0 Å². The number of nitrogens with zero attached hydrogens (tertiary/aromatic N) is 1. The Bertz CT molecular complexity index is 136. The second-order valence-electron chi connectivity index (χ2n) is 2.60. The molecule has 0 aliphatic carbocycles. The fourth-order valence-corrected chi connectivity index (χ4v) is 1.88. The summed E-state index contributed by atoms with van der Waals surface area (Å²) in [6.45, 7) is 4.38. The highest BCUT2D eigenvalue weighted by Gasteiger charge is 2.22. The maximum atomic E-state index is 5.11. The van der Waals surface area contributed by atoms with E-state index in [0.717, 1.165) is 0 Å². The van der Waals surface area contributed by atoms with E-state index in [0.29, 0.717) is 11.3 Å². The summed E-state index contributed by atoms with van der Waals surface area (Å²) in [5.74, 6) is 0.625. The molecular weight excluding hydrogens is 146 g/mol. The van der Waals surface area contributed by atoms with Gasteiger partial charge in [0.1, 0.15) is 5.37 Å².